The Balaban J connectivity index is 1.97. The van der Waals surface area contributed by atoms with Crippen LogP contribution in [0.5, 0.6) is 5.75 Å². The molecule has 0 radical (unpaired) electrons. The molecule has 3 rings (SSSR count). The maximum absolute atomic E-state index is 13.1. The van der Waals surface area contributed by atoms with E-state index in [2.05, 4.69) is 18.8 Å². The first-order valence-electron chi connectivity index (χ1n) is 9.79. The zero-order valence-corrected chi connectivity index (χ0v) is 17.7. The van der Waals surface area contributed by atoms with Crippen molar-refractivity contribution in [1.82, 2.24) is 14.5 Å². The van der Waals surface area contributed by atoms with Crippen molar-refractivity contribution in [3.05, 3.63) is 55.3 Å². The van der Waals surface area contributed by atoms with Crippen LogP contribution in [0, 0.1) is 5.92 Å². The first-order chi connectivity index (χ1) is 13.4. The monoisotopic (exact) mass is 401 g/mol. The van der Waals surface area contributed by atoms with Crippen LogP contribution in [0.4, 0.5) is 0 Å². The normalized spacial score (nSPS) is 11.5. The van der Waals surface area contributed by atoms with Gasteiger partial charge in [0.1, 0.15) is 10.7 Å². The second-order valence-electron chi connectivity index (χ2n) is 7.35. The number of nitrogens with one attached hydrogen (secondary N) is 1. The molecule has 0 aliphatic heterocycles. The highest BCUT2D eigenvalue weighted by atomic mass is 32.1. The van der Waals surface area contributed by atoms with Crippen molar-refractivity contribution in [2.24, 2.45) is 5.92 Å². The Bertz CT molecular complexity index is 1080. The first-order valence-corrected chi connectivity index (χ1v) is 10.6. The summed E-state index contributed by atoms with van der Waals surface area (Å²) in [5.74, 6) is 1.40. The van der Waals surface area contributed by atoms with E-state index in [1.54, 1.807) is 22.1 Å². The summed E-state index contributed by atoms with van der Waals surface area (Å²) >= 11 is 1.58. The van der Waals surface area contributed by atoms with Crippen LogP contribution >= 0.6 is 11.3 Å². The van der Waals surface area contributed by atoms with Gasteiger partial charge in [0.2, 0.25) is 5.43 Å². The van der Waals surface area contributed by atoms with Crippen molar-refractivity contribution in [3.8, 4) is 5.75 Å². The van der Waals surface area contributed by atoms with E-state index >= 15 is 0 Å². The number of rotatable bonds is 8. The van der Waals surface area contributed by atoms with E-state index < -0.39 is 0 Å². The highest BCUT2D eigenvalue weighted by molar-refractivity contribution is 7.18. The van der Waals surface area contributed by atoms with Gasteiger partial charge in [0.25, 0.3) is 5.56 Å². The Kier molecular flexibility index (Phi) is 6.34. The third-order valence-corrected chi connectivity index (χ3v) is 5.61. The molecular weight excluding hydrogens is 374 g/mol. The molecule has 0 aliphatic carbocycles. The molecular formula is C21H27N3O3S. The highest BCUT2D eigenvalue weighted by Gasteiger charge is 2.14. The molecule has 0 fully saturated rings. The fourth-order valence-corrected chi connectivity index (χ4v) is 3.97. The van der Waals surface area contributed by atoms with Gasteiger partial charge in [-0.15, -0.1) is 11.3 Å². The SMILES string of the molecule is CCCc1nc2sc(CC)cc2c(=O)n1Cc1cc(=O)c(OCC(C)C)c[nH]1. The van der Waals surface area contributed by atoms with E-state index in [-0.39, 0.29) is 17.5 Å². The lowest BCUT2D eigenvalue weighted by Crippen LogP contribution is -2.26. The lowest BCUT2D eigenvalue weighted by molar-refractivity contribution is 0.267. The molecule has 7 heteroatoms. The van der Waals surface area contributed by atoms with E-state index in [0.29, 0.717) is 35.8 Å². The number of pyridine rings is 1. The van der Waals surface area contributed by atoms with E-state index in [9.17, 15) is 9.59 Å². The van der Waals surface area contributed by atoms with Gasteiger partial charge in [0.05, 0.1) is 18.5 Å². The molecule has 3 heterocycles. The zero-order valence-electron chi connectivity index (χ0n) is 16.9. The molecule has 3 aromatic heterocycles. The summed E-state index contributed by atoms with van der Waals surface area (Å²) < 4.78 is 7.22. The van der Waals surface area contributed by atoms with Crippen LogP contribution in [0.2, 0.25) is 0 Å². The third-order valence-electron chi connectivity index (χ3n) is 4.44. The standard InChI is InChI=1S/C21H27N3O3S/c1-5-7-19-23-20-16(9-15(6-2)28-20)21(26)24(19)11-14-8-17(25)18(10-22-14)27-12-13(3)4/h8-10,13H,5-7,11-12H2,1-4H3,(H,22,25). The van der Waals surface area contributed by atoms with Gasteiger partial charge in [0, 0.05) is 29.3 Å². The number of aromatic amines is 1. The lowest BCUT2D eigenvalue weighted by atomic mass is 10.2. The summed E-state index contributed by atoms with van der Waals surface area (Å²) in [6.45, 7) is 8.97. The molecule has 0 saturated carbocycles. The summed E-state index contributed by atoms with van der Waals surface area (Å²) in [6, 6.07) is 3.44. The zero-order chi connectivity index (χ0) is 20.3. The Hall–Kier alpha value is -2.41. The predicted octanol–water partition coefficient (Wildman–Crippen LogP) is 3.74. The molecule has 6 nitrogen and oxygen atoms in total. The van der Waals surface area contributed by atoms with Crippen molar-refractivity contribution >= 4 is 21.6 Å². The van der Waals surface area contributed by atoms with Crippen LogP contribution in [-0.2, 0) is 19.4 Å². The third kappa shape index (κ3) is 4.35. The van der Waals surface area contributed by atoms with Gasteiger partial charge in [-0.3, -0.25) is 14.2 Å². The highest BCUT2D eigenvalue weighted by Crippen LogP contribution is 2.22. The summed E-state index contributed by atoms with van der Waals surface area (Å²) in [5, 5.41) is 0.654. The molecule has 150 valence electrons. The van der Waals surface area contributed by atoms with Crippen LogP contribution in [0.3, 0.4) is 0 Å². The second kappa shape index (κ2) is 8.73. The van der Waals surface area contributed by atoms with E-state index in [1.165, 1.54) is 6.07 Å². The fraction of sp³-hybridized carbons (Fsp3) is 0.476. The molecule has 0 amide bonds. The molecule has 0 bridgehead atoms. The van der Waals surface area contributed by atoms with Crippen LogP contribution in [0.25, 0.3) is 10.2 Å². The predicted molar refractivity (Wildman–Crippen MR) is 114 cm³/mol. The van der Waals surface area contributed by atoms with Crippen LogP contribution in [0.1, 0.15) is 50.5 Å². The van der Waals surface area contributed by atoms with Crippen molar-refractivity contribution in [1.29, 1.82) is 0 Å². The van der Waals surface area contributed by atoms with Gasteiger partial charge in [-0.25, -0.2) is 4.98 Å². The van der Waals surface area contributed by atoms with Crippen LogP contribution in [-0.4, -0.2) is 21.1 Å². The van der Waals surface area contributed by atoms with Gasteiger partial charge in [-0.2, -0.15) is 0 Å². The van der Waals surface area contributed by atoms with Gasteiger partial charge >= 0.3 is 0 Å². The number of hydrogen-bond acceptors (Lipinski definition) is 5. The lowest BCUT2D eigenvalue weighted by Gasteiger charge is -2.13. The average Bonchev–Trinajstić information content (AvgIpc) is 3.07. The summed E-state index contributed by atoms with van der Waals surface area (Å²) in [7, 11) is 0. The van der Waals surface area contributed by atoms with Crippen LogP contribution < -0.4 is 15.7 Å². The van der Waals surface area contributed by atoms with Crippen molar-refractivity contribution in [3.63, 3.8) is 0 Å². The van der Waals surface area contributed by atoms with Crippen LogP contribution in [0.15, 0.2) is 27.9 Å². The number of nitrogens with zero attached hydrogens (tertiary/aromatic N) is 2. The Morgan fingerprint density at radius 1 is 1.25 bits per heavy atom. The number of thiophene rings is 1. The molecule has 0 spiro atoms. The van der Waals surface area contributed by atoms with Gasteiger partial charge in [-0.05, 0) is 24.8 Å². The van der Waals surface area contributed by atoms with Gasteiger partial charge in [-0.1, -0.05) is 27.7 Å². The smallest absolute Gasteiger partial charge is 0.262 e. The molecule has 0 aliphatic rings. The molecule has 28 heavy (non-hydrogen) atoms. The Labute approximate surface area is 168 Å². The Morgan fingerprint density at radius 3 is 2.68 bits per heavy atom. The first kappa shape index (κ1) is 20.3. The van der Waals surface area contributed by atoms with E-state index in [1.807, 2.05) is 19.9 Å². The number of aromatic nitrogens is 3. The topological polar surface area (TPSA) is 77.0 Å². The molecule has 0 aromatic carbocycles. The number of H-pyrrole nitrogens is 1. The number of hydrogen-bond donors (Lipinski definition) is 1. The fourth-order valence-electron chi connectivity index (χ4n) is 2.99. The van der Waals surface area contributed by atoms with Gasteiger partial charge < -0.3 is 9.72 Å². The molecule has 3 aromatic rings. The Morgan fingerprint density at radius 2 is 2.04 bits per heavy atom. The molecule has 1 N–H and O–H groups in total. The number of fused-ring (bicyclic) bond motifs is 1. The summed E-state index contributed by atoms with van der Waals surface area (Å²) in [5.41, 5.74) is 0.427. The van der Waals surface area contributed by atoms with E-state index in [4.69, 9.17) is 9.72 Å². The number of aryl methyl sites for hydroxylation is 2. The van der Waals surface area contributed by atoms with Gasteiger partial charge in [0.15, 0.2) is 5.75 Å². The minimum absolute atomic E-state index is 0.0506. The quantitative estimate of drug-likeness (QED) is 0.624. The number of ether oxygens (including phenoxy) is 1. The minimum Gasteiger partial charge on any atom is -0.488 e. The average molecular weight is 402 g/mol. The van der Waals surface area contributed by atoms with Crippen molar-refractivity contribution in [2.45, 2.75) is 53.5 Å². The maximum Gasteiger partial charge on any atom is 0.262 e. The largest absolute Gasteiger partial charge is 0.488 e. The molecule has 0 atom stereocenters. The second-order valence-corrected chi connectivity index (χ2v) is 8.46. The summed E-state index contributed by atoms with van der Waals surface area (Å²) in [4.78, 5) is 35.2. The summed E-state index contributed by atoms with van der Waals surface area (Å²) in [6.07, 6.45) is 4.07. The minimum atomic E-state index is -0.183. The van der Waals surface area contributed by atoms with Crippen molar-refractivity contribution in [2.75, 3.05) is 6.61 Å². The maximum atomic E-state index is 13.1. The molecule has 0 unspecified atom stereocenters. The van der Waals surface area contributed by atoms with E-state index in [0.717, 1.165) is 28.4 Å². The molecule has 0 saturated heterocycles. The van der Waals surface area contributed by atoms with Crippen molar-refractivity contribution < 1.29 is 4.74 Å².